The molecule has 2 aromatic rings. The maximum absolute atomic E-state index is 13.7. The van der Waals surface area contributed by atoms with Crippen LogP contribution in [0.2, 0.25) is 0 Å². The highest BCUT2D eigenvalue weighted by Crippen LogP contribution is 2.32. The summed E-state index contributed by atoms with van der Waals surface area (Å²) in [5.41, 5.74) is 6.42. The summed E-state index contributed by atoms with van der Waals surface area (Å²) < 4.78 is 24.8. The van der Waals surface area contributed by atoms with Gasteiger partial charge < -0.3 is 20.1 Å². The van der Waals surface area contributed by atoms with Gasteiger partial charge in [0.25, 0.3) is 0 Å². The number of methoxy groups -OCH3 is 1. The number of hydrogen-bond acceptors (Lipinski definition) is 3. The highest BCUT2D eigenvalue weighted by atomic mass is 19.1. The van der Waals surface area contributed by atoms with E-state index < -0.39 is 6.03 Å². The topological polar surface area (TPSA) is 64.8 Å². The van der Waals surface area contributed by atoms with E-state index in [1.54, 1.807) is 43.4 Å². The molecule has 23 heavy (non-hydrogen) atoms. The Bertz CT molecular complexity index is 691. The molecule has 122 valence electrons. The number of amides is 2. The van der Waals surface area contributed by atoms with Crippen LogP contribution in [-0.2, 0) is 13.2 Å². The van der Waals surface area contributed by atoms with Crippen LogP contribution >= 0.6 is 0 Å². The minimum atomic E-state index is -0.548. The number of carbonyl (C=O) groups excluding carboxylic acids is 1. The average molecular weight is 318 g/mol. The van der Waals surface area contributed by atoms with Crippen molar-refractivity contribution in [2.24, 2.45) is 5.73 Å². The molecule has 2 rings (SSSR count). The maximum atomic E-state index is 13.7. The first-order valence-corrected chi connectivity index (χ1v) is 7.05. The molecule has 2 amide bonds. The van der Waals surface area contributed by atoms with E-state index in [4.69, 9.17) is 15.2 Å². The Labute approximate surface area is 134 Å². The lowest BCUT2D eigenvalue weighted by Crippen LogP contribution is -2.31. The van der Waals surface area contributed by atoms with Gasteiger partial charge in [0.05, 0.1) is 13.7 Å². The largest absolute Gasteiger partial charge is 0.493 e. The number of urea groups is 1. The molecule has 0 saturated heterocycles. The Morgan fingerprint density at radius 2 is 1.87 bits per heavy atom. The number of carbonyl (C=O) groups is 1. The van der Waals surface area contributed by atoms with Gasteiger partial charge in [0, 0.05) is 18.2 Å². The molecule has 0 aliphatic rings. The van der Waals surface area contributed by atoms with E-state index in [2.05, 4.69) is 0 Å². The average Bonchev–Trinajstić information content (AvgIpc) is 2.54. The zero-order chi connectivity index (χ0) is 16.8. The SMILES string of the molecule is COc1cccc(CN(C)C(N)=O)c1OCc1ccccc1F. The first kappa shape index (κ1) is 16.6. The molecular weight excluding hydrogens is 299 g/mol. The number of nitrogens with two attached hydrogens (primary N) is 1. The van der Waals surface area contributed by atoms with Gasteiger partial charge >= 0.3 is 6.03 Å². The van der Waals surface area contributed by atoms with Crippen LogP contribution in [0.5, 0.6) is 11.5 Å². The summed E-state index contributed by atoms with van der Waals surface area (Å²) in [4.78, 5) is 12.6. The van der Waals surface area contributed by atoms with Gasteiger partial charge in [-0.2, -0.15) is 0 Å². The predicted molar refractivity (Wildman–Crippen MR) is 84.8 cm³/mol. The second-order valence-corrected chi connectivity index (χ2v) is 5.02. The van der Waals surface area contributed by atoms with Crippen LogP contribution in [0, 0.1) is 5.82 Å². The number of ether oxygens (including phenoxy) is 2. The third-order valence-corrected chi connectivity index (χ3v) is 3.39. The molecular formula is C17H19FN2O3. The van der Waals surface area contributed by atoms with Crippen LogP contribution in [0.15, 0.2) is 42.5 Å². The number of primary amides is 1. The minimum Gasteiger partial charge on any atom is -0.493 e. The normalized spacial score (nSPS) is 10.2. The van der Waals surface area contributed by atoms with Crippen molar-refractivity contribution in [3.63, 3.8) is 0 Å². The molecule has 0 fully saturated rings. The van der Waals surface area contributed by atoms with Crippen LogP contribution in [0.1, 0.15) is 11.1 Å². The summed E-state index contributed by atoms with van der Waals surface area (Å²) in [6.07, 6.45) is 0. The molecule has 5 nitrogen and oxygen atoms in total. The molecule has 6 heteroatoms. The molecule has 0 aliphatic heterocycles. The van der Waals surface area contributed by atoms with E-state index in [9.17, 15) is 9.18 Å². The molecule has 0 aliphatic carbocycles. The van der Waals surface area contributed by atoms with E-state index in [1.165, 1.54) is 18.1 Å². The van der Waals surface area contributed by atoms with Crippen molar-refractivity contribution >= 4 is 6.03 Å². The summed E-state index contributed by atoms with van der Waals surface area (Å²) in [6, 6.07) is 11.2. The van der Waals surface area contributed by atoms with Crippen molar-refractivity contribution < 1.29 is 18.7 Å². The van der Waals surface area contributed by atoms with Crippen molar-refractivity contribution in [3.8, 4) is 11.5 Å². The van der Waals surface area contributed by atoms with Gasteiger partial charge in [-0.25, -0.2) is 9.18 Å². The summed E-state index contributed by atoms with van der Waals surface area (Å²) in [5, 5.41) is 0. The number of para-hydroxylation sites is 1. The molecule has 2 aromatic carbocycles. The zero-order valence-electron chi connectivity index (χ0n) is 13.1. The van der Waals surface area contributed by atoms with Crippen LogP contribution in [0.25, 0.3) is 0 Å². The molecule has 0 spiro atoms. The predicted octanol–water partition coefficient (Wildman–Crippen LogP) is 2.92. The number of hydrogen-bond donors (Lipinski definition) is 1. The Hall–Kier alpha value is -2.76. The van der Waals surface area contributed by atoms with Crippen molar-refractivity contribution in [1.29, 1.82) is 0 Å². The second kappa shape index (κ2) is 7.49. The fourth-order valence-corrected chi connectivity index (χ4v) is 2.11. The molecule has 0 heterocycles. The van der Waals surface area contributed by atoms with Gasteiger partial charge in [-0.3, -0.25) is 0 Å². The molecule has 0 atom stereocenters. The number of nitrogens with zero attached hydrogens (tertiary/aromatic N) is 1. The van der Waals surface area contributed by atoms with E-state index in [1.807, 2.05) is 0 Å². The molecule has 0 aromatic heterocycles. The standard InChI is InChI=1S/C17H19FN2O3/c1-20(17(19)21)10-12-7-5-9-15(22-2)16(12)23-11-13-6-3-4-8-14(13)18/h3-9H,10-11H2,1-2H3,(H2,19,21). The van der Waals surface area contributed by atoms with Gasteiger partial charge in [-0.15, -0.1) is 0 Å². The molecule has 0 saturated carbocycles. The van der Waals surface area contributed by atoms with Crippen molar-refractivity contribution in [1.82, 2.24) is 4.90 Å². The number of benzene rings is 2. The highest BCUT2D eigenvalue weighted by Gasteiger charge is 2.14. The van der Waals surface area contributed by atoms with E-state index in [0.29, 0.717) is 17.1 Å². The van der Waals surface area contributed by atoms with Crippen molar-refractivity contribution in [3.05, 3.63) is 59.4 Å². The molecule has 0 bridgehead atoms. The molecule has 2 N–H and O–H groups in total. The van der Waals surface area contributed by atoms with Crippen LogP contribution in [0.4, 0.5) is 9.18 Å². The third kappa shape index (κ3) is 4.12. The summed E-state index contributed by atoms with van der Waals surface area (Å²) >= 11 is 0. The Kier molecular flexibility index (Phi) is 5.41. The van der Waals surface area contributed by atoms with Crippen LogP contribution in [-0.4, -0.2) is 25.1 Å². The molecule has 0 radical (unpaired) electrons. The van der Waals surface area contributed by atoms with E-state index >= 15 is 0 Å². The number of halogens is 1. The monoisotopic (exact) mass is 318 g/mol. The Balaban J connectivity index is 2.25. The number of rotatable bonds is 6. The fourth-order valence-electron chi connectivity index (χ4n) is 2.11. The lowest BCUT2D eigenvalue weighted by atomic mass is 10.1. The van der Waals surface area contributed by atoms with Gasteiger partial charge in [0.15, 0.2) is 11.5 Å². The first-order chi connectivity index (χ1) is 11.0. The van der Waals surface area contributed by atoms with E-state index in [-0.39, 0.29) is 19.0 Å². The first-order valence-electron chi connectivity index (χ1n) is 7.05. The summed E-state index contributed by atoms with van der Waals surface area (Å²) in [5.74, 6) is 0.640. The maximum Gasteiger partial charge on any atom is 0.314 e. The fraction of sp³-hybridized carbons (Fsp3) is 0.235. The summed E-state index contributed by atoms with van der Waals surface area (Å²) in [7, 11) is 3.11. The van der Waals surface area contributed by atoms with Gasteiger partial charge in [0.2, 0.25) is 0 Å². The Morgan fingerprint density at radius 3 is 2.52 bits per heavy atom. The third-order valence-electron chi connectivity index (χ3n) is 3.39. The zero-order valence-corrected chi connectivity index (χ0v) is 13.1. The molecule has 0 unspecified atom stereocenters. The quantitative estimate of drug-likeness (QED) is 0.890. The second-order valence-electron chi connectivity index (χ2n) is 5.02. The van der Waals surface area contributed by atoms with Crippen molar-refractivity contribution in [2.45, 2.75) is 13.2 Å². The van der Waals surface area contributed by atoms with Gasteiger partial charge in [-0.05, 0) is 12.1 Å². The highest BCUT2D eigenvalue weighted by molar-refractivity contribution is 5.71. The van der Waals surface area contributed by atoms with Gasteiger partial charge in [-0.1, -0.05) is 30.3 Å². The lowest BCUT2D eigenvalue weighted by Gasteiger charge is -2.19. The smallest absolute Gasteiger partial charge is 0.314 e. The Morgan fingerprint density at radius 1 is 1.17 bits per heavy atom. The van der Waals surface area contributed by atoms with Crippen molar-refractivity contribution in [2.75, 3.05) is 14.2 Å². The van der Waals surface area contributed by atoms with E-state index in [0.717, 1.165) is 5.56 Å². The summed E-state index contributed by atoms with van der Waals surface area (Å²) in [6.45, 7) is 0.319. The van der Waals surface area contributed by atoms with Gasteiger partial charge in [0.1, 0.15) is 12.4 Å². The lowest BCUT2D eigenvalue weighted by molar-refractivity contribution is 0.215. The van der Waals surface area contributed by atoms with Crippen LogP contribution in [0.3, 0.4) is 0 Å². The van der Waals surface area contributed by atoms with Crippen LogP contribution < -0.4 is 15.2 Å². The minimum absolute atomic E-state index is 0.0559.